The second kappa shape index (κ2) is 15.9. The van der Waals surface area contributed by atoms with Crippen LogP contribution in [0.3, 0.4) is 0 Å². The van der Waals surface area contributed by atoms with Crippen molar-refractivity contribution in [3.8, 4) is 33.8 Å². The smallest absolute Gasteiger partial charge is 0.144 e. The van der Waals surface area contributed by atoms with Gasteiger partial charge in [-0.25, -0.2) is 4.39 Å². The monoisotopic (exact) mass is 741 g/mol. The molecule has 0 amide bonds. The number of hydrogen-bond donors (Lipinski definition) is 0. The number of rotatable bonds is 12. The van der Waals surface area contributed by atoms with E-state index in [0.717, 1.165) is 35.5 Å². The van der Waals surface area contributed by atoms with Crippen molar-refractivity contribution in [1.82, 2.24) is 15.0 Å². The Kier molecular flexibility index (Phi) is 6.81. The maximum Gasteiger partial charge on any atom is 0.144 e. The molecular weight excluding hydrogens is 690 g/mol. The molecule has 9 aromatic rings. The van der Waals surface area contributed by atoms with Crippen molar-refractivity contribution in [2.24, 2.45) is 0 Å². The molecule has 0 aliphatic carbocycles. The SMILES string of the molecule is [2H]C([2H])(c1ccc(-c2ccccc2)nc1)C([2H])([2H])c1cc(C([2H])([2H])C([2H])([2H])c2ccc(-c3ccccc3)nc2)cc(C([2H])([2H])C([2H])([2H])c2ccc(-c3cccc4c3oc3cc(F)ccc34)nc2)c1. The van der Waals surface area contributed by atoms with E-state index >= 15 is 0 Å². The fourth-order valence-electron chi connectivity index (χ4n) is 6.37. The first kappa shape index (κ1) is 23.9. The second-order valence-corrected chi connectivity index (χ2v) is 13.0. The Labute approximate surface area is 343 Å². The van der Waals surface area contributed by atoms with E-state index < -0.39 is 60.7 Å². The molecule has 5 aromatic carbocycles. The third kappa shape index (κ3) is 7.89. The molecule has 0 radical (unpaired) electrons. The summed E-state index contributed by atoms with van der Waals surface area (Å²) in [7, 11) is 0. The lowest BCUT2D eigenvalue weighted by molar-refractivity contribution is 0.618. The van der Waals surface area contributed by atoms with Crippen LogP contribution in [-0.4, -0.2) is 15.0 Å². The number of hydrogen-bond acceptors (Lipinski definition) is 4. The van der Waals surface area contributed by atoms with Crippen molar-refractivity contribution >= 4 is 21.9 Å². The topological polar surface area (TPSA) is 51.8 Å². The Morgan fingerprint density at radius 1 is 0.429 bits per heavy atom. The van der Waals surface area contributed by atoms with Gasteiger partial charge in [-0.3, -0.25) is 15.0 Å². The van der Waals surface area contributed by atoms with Gasteiger partial charge in [0.15, 0.2) is 0 Å². The predicted octanol–water partition coefficient (Wildman–Crippen LogP) is 12.3. The number of nitrogens with zero attached hydrogens (tertiary/aromatic N) is 3. The van der Waals surface area contributed by atoms with Gasteiger partial charge in [0.2, 0.25) is 0 Å². The minimum atomic E-state index is -3.12. The number of aryl methyl sites for hydroxylation is 6. The number of halogens is 1. The van der Waals surface area contributed by atoms with Gasteiger partial charge in [0.25, 0.3) is 0 Å². The van der Waals surface area contributed by atoms with Crippen LogP contribution in [0.4, 0.5) is 4.39 Å². The molecule has 0 fully saturated rings. The summed E-state index contributed by atoms with van der Waals surface area (Å²) in [6.07, 6.45) is -14.5. The normalized spacial score (nSPS) is 16.1. The highest BCUT2D eigenvalue weighted by atomic mass is 19.1. The Morgan fingerprint density at radius 3 is 1.39 bits per heavy atom. The largest absolute Gasteiger partial charge is 0.455 e. The molecule has 0 bridgehead atoms. The molecule has 0 unspecified atom stereocenters. The van der Waals surface area contributed by atoms with Crippen molar-refractivity contribution in [2.45, 2.75) is 38.2 Å². The van der Waals surface area contributed by atoms with Gasteiger partial charge in [-0.2, -0.15) is 0 Å². The molecule has 4 heterocycles. The summed E-state index contributed by atoms with van der Waals surface area (Å²) in [6.45, 7) is 0. The molecule has 0 aliphatic rings. The van der Waals surface area contributed by atoms with Crippen LogP contribution in [0.15, 0.2) is 175 Å². The van der Waals surface area contributed by atoms with E-state index in [9.17, 15) is 20.8 Å². The van der Waals surface area contributed by atoms with E-state index in [2.05, 4.69) is 15.0 Å². The molecule has 272 valence electrons. The fourth-order valence-corrected chi connectivity index (χ4v) is 6.37. The molecule has 0 spiro atoms. The standard InChI is InChI=1S/C51H40FN3O/c52-43-23-24-44-45-12-7-13-46(51(45)56-50(44)31-43)49-27-22-37(34-55-49)16-19-40-29-38(17-14-35-20-25-47(53-32-35)41-8-3-1-4-9-41)28-39(30-40)18-15-36-21-26-48(54-33-36)42-10-5-2-6-11-42/h1-13,20-34H,14-19H2/i14D2,15D2,16D2,17D2,18D2,19D2. The number of aromatic nitrogens is 3. The Balaban J connectivity index is 1.13. The van der Waals surface area contributed by atoms with E-state index in [1.807, 2.05) is 66.7 Å². The van der Waals surface area contributed by atoms with E-state index in [-0.39, 0.29) is 16.7 Å². The summed E-state index contributed by atoms with van der Waals surface area (Å²) >= 11 is 0. The highest BCUT2D eigenvalue weighted by molar-refractivity contribution is 6.09. The maximum atomic E-state index is 14.1. The molecule has 4 aromatic heterocycles. The lowest BCUT2D eigenvalue weighted by atomic mass is 9.94. The van der Waals surface area contributed by atoms with Crippen LogP contribution in [0.2, 0.25) is 0 Å². The molecule has 9 rings (SSSR count). The molecule has 0 aliphatic heterocycles. The van der Waals surface area contributed by atoms with Crippen LogP contribution in [0, 0.1) is 5.82 Å². The highest BCUT2D eigenvalue weighted by Gasteiger charge is 2.14. The summed E-state index contributed by atoms with van der Waals surface area (Å²) in [5.74, 6) is -0.475. The molecule has 0 N–H and O–H groups in total. The molecule has 5 heteroatoms. The average Bonchev–Trinajstić information content (AvgIpc) is 3.72. The van der Waals surface area contributed by atoms with Crippen LogP contribution in [-0.2, 0) is 38.2 Å². The van der Waals surface area contributed by atoms with Crippen LogP contribution < -0.4 is 0 Å². The van der Waals surface area contributed by atoms with Crippen molar-refractivity contribution < 1.29 is 25.3 Å². The van der Waals surface area contributed by atoms with Gasteiger partial charge in [0, 0.05) is 68.6 Å². The van der Waals surface area contributed by atoms with Gasteiger partial charge in [-0.15, -0.1) is 0 Å². The number of furan rings is 1. The zero-order chi connectivity index (χ0) is 48.4. The van der Waals surface area contributed by atoms with Crippen molar-refractivity contribution in [3.63, 3.8) is 0 Å². The van der Waals surface area contributed by atoms with Gasteiger partial charge in [-0.1, -0.05) is 109 Å². The second-order valence-electron chi connectivity index (χ2n) is 13.0. The lowest BCUT2D eigenvalue weighted by Crippen LogP contribution is -2.00. The Hall–Kier alpha value is -6.72. The average molecular weight is 742 g/mol. The number of benzene rings is 5. The third-order valence-electron chi connectivity index (χ3n) is 9.15. The summed E-state index contributed by atoms with van der Waals surface area (Å²) in [4.78, 5) is 13.3. The highest BCUT2D eigenvalue weighted by Crippen LogP contribution is 2.35. The first-order valence-corrected chi connectivity index (χ1v) is 17.9. The zero-order valence-electron chi connectivity index (χ0n) is 41.8. The molecule has 0 saturated heterocycles. The van der Waals surface area contributed by atoms with Crippen molar-refractivity contribution in [2.75, 3.05) is 0 Å². The predicted molar refractivity (Wildman–Crippen MR) is 225 cm³/mol. The Bertz CT molecular complexity index is 3170. The summed E-state index contributed by atoms with van der Waals surface area (Å²) in [5.41, 5.74) is 1.68. The molecule has 4 nitrogen and oxygen atoms in total. The lowest BCUT2D eigenvalue weighted by Gasteiger charge is -2.12. The maximum absolute atomic E-state index is 14.1. The third-order valence-corrected chi connectivity index (χ3v) is 9.15. The van der Waals surface area contributed by atoms with Crippen LogP contribution in [0.25, 0.3) is 55.7 Å². The van der Waals surface area contributed by atoms with Crippen molar-refractivity contribution in [1.29, 1.82) is 0 Å². The summed E-state index contributed by atoms with van der Waals surface area (Å²) < 4.78 is 132. The van der Waals surface area contributed by atoms with Gasteiger partial charge in [-0.05, 0) is 108 Å². The first-order chi connectivity index (χ1) is 32.1. The van der Waals surface area contributed by atoms with Gasteiger partial charge >= 0.3 is 0 Å². The van der Waals surface area contributed by atoms with E-state index in [0.29, 0.717) is 44.6 Å². The minimum Gasteiger partial charge on any atom is -0.455 e. The van der Waals surface area contributed by atoms with E-state index in [1.54, 1.807) is 18.2 Å². The summed E-state index contributed by atoms with van der Waals surface area (Å²) in [6, 6.07) is 39.2. The molecular formula is C51H40FN3O. The van der Waals surface area contributed by atoms with Crippen LogP contribution in [0.5, 0.6) is 0 Å². The first-order valence-electron chi connectivity index (χ1n) is 23.9. The van der Waals surface area contributed by atoms with Crippen LogP contribution >= 0.6 is 0 Å². The minimum absolute atomic E-state index is 0.188. The van der Waals surface area contributed by atoms with E-state index in [4.69, 9.17) is 4.42 Å². The number of para-hydroxylation sites is 1. The van der Waals surface area contributed by atoms with Crippen molar-refractivity contribution in [3.05, 3.63) is 209 Å². The zero-order valence-corrected chi connectivity index (χ0v) is 29.8. The van der Waals surface area contributed by atoms with Crippen LogP contribution in [0.1, 0.15) is 49.8 Å². The molecule has 0 saturated carbocycles. The van der Waals surface area contributed by atoms with Gasteiger partial charge < -0.3 is 4.42 Å². The van der Waals surface area contributed by atoms with Gasteiger partial charge in [0.1, 0.15) is 17.0 Å². The quantitative estimate of drug-likeness (QED) is 0.125. The number of fused-ring (bicyclic) bond motifs is 3. The Morgan fingerprint density at radius 2 is 0.911 bits per heavy atom. The molecule has 0 atom stereocenters. The number of pyridine rings is 3. The fraction of sp³-hybridized carbons (Fsp3) is 0.118. The van der Waals surface area contributed by atoms with Gasteiger partial charge in [0.05, 0.1) is 17.1 Å². The molecule has 56 heavy (non-hydrogen) atoms. The van der Waals surface area contributed by atoms with E-state index in [1.165, 1.54) is 60.9 Å². The summed E-state index contributed by atoms with van der Waals surface area (Å²) in [5, 5.41) is 1.37.